The summed E-state index contributed by atoms with van der Waals surface area (Å²) >= 11 is 0. The number of anilines is 1. The highest BCUT2D eigenvalue weighted by Crippen LogP contribution is 2.30. The van der Waals surface area contributed by atoms with Gasteiger partial charge in [-0.3, -0.25) is 0 Å². The number of nitrogens with zero attached hydrogens (tertiary/aromatic N) is 3. The number of aromatic nitrogens is 1. The van der Waals surface area contributed by atoms with E-state index in [9.17, 15) is 0 Å². The van der Waals surface area contributed by atoms with E-state index in [-0.39, 0.29) is 0 Å². The first kappa shape index (κ1) is 11.9. The van der Waals surface area contributed by atoms with Crippen LogP contribution in [0.4, 0.5) is 5.69 Å². The van der Waals surface area contributed by atoms with Crippen molar-refractivity contribution in [2.45, 2.75) is 38.6 Å². The molecule has 1 aromatic heterocycles. The molecule has 0 unspecified atom stereocenters. The Balaban J connectivity index is 2.14. The SMILES string of the molecule is CC1CCC(N(C)c2cccnc2C#N)CC1. The van der Waals surface area contributed by atoms with Crippen molar-refractivity contribution in [3.63, 3.8) is 0 Å². The summed E-state index contributed by atoms with van der Waals surface area (Å²) in [6.45, 7) is 2.32. The largest absolute Gasteiger partial charge is 0.369 e. The fraction of sp³-hybridized carbons (Fsp3) is 0.571. The molecule has 2 rings (SSSR count). The fourth-order valence-corrected chi connectivity index (χ4v) is 2.59. The van der Waals surface area contributed by atoms with Crippen LogP contribution < -0.4 is 4.90 Å². The van der Waals surface area contributed by atoms with Crippen molar-refractivity contribution in [1.29, 1.82) is 5.26 Å². The van der Waals surface area contributed by atoms with Crippen molar-refractivity contribution >= 4 is 5.69 Å². The van der Waals surface area contributed by atoms with E-state index in [1.54, 1.807) is 6.20 Å². The molecule has 3 nitrogen and oxygen atoms in total. The zero-order chi connectivity index (χ0) is 12.3. The highest BCUT2D eigenvalue weighted by molar-refractivity contribution is 5.55. The summed E-state index contributed by atoms with van der Waals surface area (Å²) in [5.41, 5.74) is 1.50. The van der Waals surface area contributed by atoms with Crippen LogP contribution in [0.25, 0.3) is 0 Å². The molecule has 0 N–H and O–H groups in total. The van der Waals surface area contributed by atoms with E-state index in [0.717, 1.165) is 11.6 Å². The molecule has 17 heavy (non-hydrogen) atoms. The topological polar surface area (TPSA) is 39.9 Å². The van der Waals surface area contributed by atoms with Gasteiger partial charge < -0.3 is 4.90 Å². The van der Waals surface area contributed by atoms with Gasteiger partial charge in [0, 0.05) is 19.3 Å². The van der Waals surface area contributed by atoms with E-state index < -0.39 is 0 Å². The molecule has 1 fully saturated rings. The maximum Gasteiger partial charge on any atom is 0.163 e. The van der Waals surface area contributed by atoms with Crippen LogP contribution in [0, 0.1) is 17.2 Å². The van der Waals surface area contributed by atoms with Gasteiger partial charge in [-0.1, -0.05) is 6.92 Å². The maximum absolute atomic E-state index is 9.07. The summed E-state index contributed by atoms with van der Waals surface area (Å²) in [5, 5.41) is 9.07. The summed E-state index contributed by atoms with van der Waals surface area (Å²) in [5.74, 6) is 0.851. The Morgan fingerprint density at radius 2 is 2.06 bits per heavy atom. The Morgan fingerprint density at radius 1 is 1.35 bits per heavy atom. The van der Waals surface area contributed by atoms with Gasteiger partial charge in [-0.15, -0.1) is 0 Å². The van der Waals surface area contributed by atoms with Gasteiger partial charge in [0.25, 0.3) is 0 Å². The van der Waals surface area contributed by atoms with Crippen molar-refractivity contribution in [2.24, 2.45) is 5.92 Å². The second-order valence-corrected chi connectivity index (χ2v) is 5.01. The lowest BCUT2D eigenvalue weighted by atomic mass is 9.86. The molecule has 0 radical (unpaired) electrons. The number of hydrogen-bond acceptors (Lipinski definition) is 3. The Kier molecular flexibility index (Phi) is 3.63. The Labute approximate surface area is 103 Å². The lowest BCUT2D eigenvalue weighted by Crippen LogP contribution is -2.35. The van der Waals surface area contributed by atoms with E-state index in [0.29, 0.717) is 11.7 Å². The number of hydrogen-bond donors (Lipinski definition) is 0. The second kappa shape index (κ2) is 5.18. The third-order valence-corrected chi connectivity index (χ3v) is 3.81. The molecule has 1 aliphatic carbocycles. The Hall–Kier alpha value is -1.56. The highest BCUT2D eigenvalue weighted by atomic mass is 15.1. The van der Waals surface area contributed by atoms with Crippen LogP contribution >= 0.6 is 0 Å². The molecule has 0 bridgehead atoms. The van der Waals surface area contributed by atoms with Crippen LogP contribution in [0.5, 0.6) is 0 Å². The predicted octanol–water partition coefficient (Wildman–Crippen LogP) is 2.97. The summed E-state index contributed by atoms with van der Waals surface area (Å²) in [4.78, 5) is 6.36. The average Bonchev–Trinajstić information content (AvgIpc) is 2.39. The number of rotatable bonds is 2. The molecule has 1 aromatic rings. The molecule has 0 aromatic carbocycles. The quantitative estimate of drug-likeness (QED) is 0.782. The lowest BCUT2D eigenvalue weighted by molar-refractivity contribution is 0.340. The normalized spacial score (nSPS) is 24.1. The third kappa shape index (κ3) is 2.58. The second-order valence-electron chi connectivity index (χ2n) is 5.01. The van der Waals surface area contributed by atoms with E-state index in [4.69, 9.17) is 5.26 Å². The number of pyridine rings is 1. The zero-order valence-electron chi connectivity index (χ0n) is 10.6. The van der Waals surface area contributed by atoms with Gasteiger partial charge in [-0.25, -0.2) is 4.98 Å². The third-order valence-electron chi connectivity index (χ3n) is 3.81. The van der Waals surface area contributed by atoms with Crippen LogP contribution in [0.15, 0.2) is 18.3 Å². The molecule has 3 heteroatoms. The van der Waals surface area contributed by atoms with Crippen molar-refractivity contribution in [3.05, 3.63) is 24.0 Å². The summed E-state index contributed by atoms with van der Waals surface area (Å²) in [7, 11) is 2.08. The standard InChI is InChI=1S/C14H19N3/c1-11-5-7-12(8-6-11)17(2)14-4-3-9-16-13(14)10-15/h3-4,9,11-12H,5-8H2,1-2H3. The highest BCUT2D eigenvalue weighted by Gasteiger charge is 2.23. The number of nitriles is 1. The van der Waals surface area contributed by atoms with Crippen molar-refractivity contribution in [3.8, 4) is 6.07 Å². The van der Waals surface area contributed by atoms with E-state index in [2.05, 4.69) is 29.9 Å². The monoisotopic (exact) mass is 229 g/mol. The van der Waals surface area contributed by atoms with Crippen molar-refractivity contribution in [2.75, 3.05) is 11.9 Å². The van der Waals surface area contributed by atoms with Gasteiger partial charge in [0.2, 0.25) is 0 Å². The average molecular weight is 229 g/mol. The van der Waals surface area contributed by atoms with Crippen molar-refractivity contribution < 1.29 is 0 Å². The first-order chi connectivity index (χ1) is 8.22. The van der Waals surface area contributed by atoms with E-state index in [1.165, 1.54) is 25.7 Å². The molecule has 1 aliphatic rings. The van der Waals surface area contributed by atoms with Gasteiger partial charge in [-0.2, -0.15) is 5.26 Å². The minimum atomic E-state index is 0.536. The van der Waals surface area contributed by atoms with Crippen LogP contribution in [-0.4, -0.2) is 18.1 Å². The predicted molar refractivity (Wildman–Crippen MR) is 68.8 cm³/mol. The van der Waals surface area contributed by atoms with Crippen LogP contribution in [0.3, 0.4) is 0 Å². The summed E-state index contributed by atoms with van der Waals surface area (Å²) in [6, 6.07) is 6.62. The summed E-state index contributed by atoms with van der Waals surface area (Å²) < 4.78 is 0. The first-order valence-corrected chi connectivity index (χ1v) is 6.30. The lowest BCUT2D eigenvalue weighted by Gasteiger charge is -2.35. The zero-order valence-corrected chi connectivity index (χ0v) is 10.6. The first-order valence-electron chi connectivity index (χ1n) is 6.30. The molecule has 0 amide bonds. The van der Waals surface area contributed by atoms with Gasteiger partial charge >= 0.3 is 0 Å². The molecule has 1 saturated carbocycles. The minimum absolute atomic E-state index is 0.536. The molecule has 0 atom stereocenters. The molecule has 1 heterocycles. The molecule has 0 aliphatic heterocycles. The van der Waals surface area contributed by atoms with E-state index >= 15 is 0 Å². The maximum atomic E-state index is 9.07. The fourth-order valence-electron chi connectivity index (χ4n) is 2.59. The van der Waals surface area contributed by atoms with Crippen LogP contribution in [0.1, 0.15) is 38.3 Å². The molecular formula is C14H19N3. The Morgan fingerprint density at radius 3 is 2.71 bits per heavy atom. The van der Waals surface area contributed by atoms with Gasteiger partial charge in [0.1, 0.15) is 6.07 Å². The van der Waals surface area contributed by atoms with Crippen LogP contribution in [0.2, 0.25) is 0 Å². The van der Waals surface area contributed by atoms with Gasteiger partial charge in [-0.05, 0) is 43.7 Å². The van der Waals surface area contributed by atoms with Crippen LogP contribution in [-0.2, 0) is 0 Å². The van der Waals surface area contributed by atoms with E-state index in [1.807, 2.05) is 12.1 Å². The molecular weight excluding hydrogens is 210 g/mol. The summed E-state index contributed by atoms with van der Waals surface area (Å²) in [6.07, 6.45) is 6.70. The van der Waals surface area contributed by atoms with Gasteiger partial charge in [0.05, 0.1) is 5.69 Å². The smallest absolute Gasteiger partial charge is 0.163 e. The molecule has 0 spiro atoms. The van der Waals surface area contributed by atoms with Crippen molar-refractivity contribution in [1.82, 2.24) is 4.98 Å². The molecule has 0 saturated heterocycles. The minimum Gasteiger partial charge on any atom is -0.369 e. The Bertz CT molecular complexity index is 414. The van der Waals surface area contributed by atoms with Gasteiger partial charge in [0.15, 0.2) is 5.69 Å². The molecule has 90 valence electrons.